The SMILES string of the molecule is COc1ccccc1CC(=O)N1CCC(Oc2cc(C)oc(=O)c2)CC1. The lowest BCUT2D eigenvalue weighted by molar-refractivity contribution is -0.132. The summed E-state index contributed by atoms with van der Waals surface area (Å²) >= 11 is 0. The first kappa shape index (κ1) is 18.0. The van der Waals surface area contributed by atoms with Crippen molar-refractivity contribution in [3.8, 4) is 11.5 Å². The van der Waals surface area contributed by atoms with E-state index in [1.807, 2.05) is 29.2 Å². The number of amides is 1. The van der Waals surface area contributed by atoms with Crippen LogP contribution in [0.5, 0.6) is 11.5 Å². The minimum Gasteiger partial charge on any atom is -0.496 e. The summed E-state index contributed by atoms with van der Waals surface area (Å²) < 4.78 is 16.1. The van der Waals surface area contributed by atoms with E-state index in [-0.39, 0.29) is 12.0 Å². The minimum absolute atomic E-state index is 0.00786. The number of likely N-dealkylation sites (tertiary alicyclic amines) is 1. The largest absolute Gasteiger partial charge is 0.496 e. The van der Waals surface area contributed by atoms with E-state index >= 15 is 0 Å². The fraction of sp³-hybridized carbons (Fsp3) is 0.400. The summed E-state index contributed by atoms with van der Waals surface area (Å²) in [5.41, 5.74) is 0.481. The molecule has 1 aliphatic heterocycles. The summed E-state index contributed by atoms with van der Waals surface area (Å²) in [6.45, 7) is 2.99. The molecule has 0 aliphatic carbocycles. The molecule has 1 fully saturated rings. The van der Waals surface area contributed by atoms with Gasteiger partial charge in [-0.3, -0.25) is 4.79 Å². The summed E-state index contributed by atoms with van der Waals surface area (Å²) in [6, 6.07) is 10.6. The minimum atomic E-state index is -0.413. The Morgan fingerprint density at radius 1 is 1.23 bits per heavy atom. The molecule has 0 unspecified atom stereocenters. The van der Waals surface area contributed by atoms with Gasteiger partial charge in [-0.05, 0) is 13.0 Å². The summed E-state index contributed by atoms with van der Waals surface area (Å²) in [4.78, 5) is 25.8. The molecule has 26 heavy (non-hydrogen) atoms. The number of carbonyl (C=O) groups excluding carboxylic acids is 1. The summed E-state index contributed by atoms with van der Waals surface area (Å²) in [5.74, 6) is 1.87. The van der Waals surface area contributed by atoms with Crippen molar-refractivity contribution in [2.45, 2.75) is 32.3 Å². The molecule has 1 saturated heterocycles. The molecule has 1 aliphatic rings. The number of hydrogen-bond acceptors (Lipinski definition) is 5. The number of piperidine rings is 1. The first-order valence-corrected chi connectivity index (χ1v) is 8.73. The smallest absolute Gasteiger partial charge is 0.339 e. The molecule has 138 valence electrons. The highest BCUT2D eigenvalue weighted by Gasteiger charge is 2.24. The lowest BCUT2D eigenvalue weighted by Gasteiger charge is -2.32. The molecule has 6 nitrogen and oxygen atoms in total. The molecule has 0 N–H and O–H groups in total. The van der Waals surface area contributed by atoms with E-state index in [4.69, 9.17) is 13.9 Å². The molecule has 0 spiro atoms. The Labute approximate surface area is 152 Å². The van der Waals surface area contributed by atoms with Gasteiger partial charge in [-0.15, -0.1) is 0 Å². The number of methoxy groups -OCH3 is 1. The Balaban J connectivity index is 1.54. The average Bonchev–Trinajstić information content (AvgIpc) is 2.62. The maximum atomic E-state index is 12.6. The van der Waals surface area contributed by atoms with Gasteiger partial charge < -0.3 is 18.8 Å². The fourth-order valence-corrected chi connectivity index (χ4v) is 3.18. The summed E-state index contributed by atoms with van der Waals surface area (Å²) in [7, 11) is 1.61. The fourth-order valence-electron chi connectivity index (χ4n) is 3.18. The molecular formula is C20H23NO5. The van der Waals surface area contributed by atoms with E-state index < -0.39 is 5.63 Å². The van der Waals surface area contributed by atoms with Crippen molar-refractivity contribution in [1.82, 2.24) is 4.90 Å². The predicted octanol–water partition coefficient (Wildman–Crippen LogP) is 2.57. The Morgan fingerprint density at radius 3 is 2.65 bits per heavy atom. The maximum absolute atomic E-state index is 12.6. The molecule has 2 heterocycles. The maximum Gasteiger partial charge on any atom is 0.339 e. The highest BCUT2D eigenvalue weighted by Crippen LogP contribution is 2.22. The van der Waals surface area contributed by atoms with E-state index in [1.165, 1.54) is 6.07 Å². The lowest BCUT2D eigenvalue weighted by atomic mass is 10.1. The van der Waals surface area contributed by atoms with Gasteiger partial charge in [0.1, 0.15) is 23.4 Å². The van der Waals surface area contributed by atoms with Crippen LogP contribution >= 0.6 is 0 Å². The van der Waals surface area contributed by atoms with Gasteiger partial charge in [-0.1, -0.05) is 18.2 Å². The second-order valence-electron chi connectivity index (χ2n) is 6.41. The first-order valence-electron chi connectivity index (χ1n) is 8.73. The molecule has 1 amide bonds. The number of hydrogen-bond donors (Lipinski definition) is 0. The van der Waals surface area contributed by atoms with Crippen LogP contribution in [0, 0.1) is 6.92 Å². The summed E-state index contributed by atoms with van der Waals surface area (Å²) in [5, 5.41) is 0. The second-order valence-corrected chi connectivity index (χ2v) is 6.41. The number of benzene rings is 1. The Bertz CT molecular complexity index is 821. The van der Waals surface area contributed by atoms with Gasteiger partial charge in [0.05, 0.1) is 19.6 Å². The van der Waals surface area contributed by atoms with E-state index in [2.05, 4.69) is 0 Å². The monoisotopic (exact) mass is 357 g/mol. The number of carbonyl (C=O) groups is 1. The quantitative estimate of drug-likeness (QED) is 0.823. The van der Waals surface area contributed by atoms with E-state index in [0.29, 0.717) is 31.0 Å². The highest BCUT2D eigenvalue weighted by molar-refractivity contribution is 5.79. The third-order valence-electron chi connectivity index (χ3n) is 4.50. The predicted molar refractivity (Wildman–Crippen MR) is 96.6 cm³/mol. The molecule has 0 saturated carbocycles. The van der Waals surface area contributed by atoms with Crippen molar-refractivity contribution in [1.29, 1.82) is 0 Å². The van der Waals surface area contributed by atoms with Crippen molar-refractivity contribution in [3.63, 3.8) is 0 Å². The Hall–Kier alpha value is -2.76. The van der Waals surface area contributed by atoms with Crippen LogP contribution in [0.1, 0.15) is 24.2 Å². The van der Waals surface area contributed by atoms with Crippen LogP contribution in [-0.2, 0) is 11.2 Å². The van der Waals surface area contributed by atoms with Crippen molar-refractivity contribution in [2.75, 3.05) is 20.2 Å². The van der Waals surface area contributed by atoms with Gasteiger partial charge in [-0.2, -0.15) is 0 Å². The van der Waals surface area contributed by atoms with Crippen LogP contribution in [0.15, 0.2) is 45.6 Å². The zero-order valence-electron chi connectivity index (χ0n) is 15.1. The van der Waals surface area contributed by atoms with Crippen LogP contribution < -0.4 is 15.1 Å². The van der Waals surface area contributed by atoms with Crippen LogP contribution in [0.4, 0.5) is 0 Å². The molecule has 3 rings (SSSR count). The van der Waals surface area contributed by atoms with E-state index in [1.54, 1.807) is 20.1 Å². The van der Waals surface area contributed by atoms with Crippen LogP contribution in [0.25, 0.3) is 0 Å². The second kappa shape index (κ2) is 8.08. The van der Waals surface area contributed by atoms with Gasteiger partial charge in [-0.25, -0.2) is 4.79 Å². The van der Waals surface area contributed by atoms with Crippen molar-refractivity contribution in [2.24, 2.45) is 0 Å². The molecule has 0 radical (unpaired) electrons. The molecular weight excluding hydrogens is 334 g/mol. The standard InChI is InChI=1S/C20H23NO5/c1-14-11-17(13-20(23)25-14)26-16-7-9-21(10-8-16)19(22)12-15-5-3-4-6-18(15)24-2/h3-6,11,13,16H,7-10,12H2,1-2H3. The average molecular weight is 357 g/mol. The third kappa shape index (κ3) is 4.45. The molecule has 1 aromatic heterocycles. The van der Waals surface area contributed by atoms with Gasteiger partial charge in [0.25, 0.3) is 0 Å². The van der Waals surface area contributed by atoms with Gasteiger partial charge in [0, 0.05) is 37.6 Å². The van der Waals surface area contributed by atoms with E-state index in [9.17, 15) is 9.59 Å². The summed E-state index contributed by atoms with van der Waals surface area (Å²) in [6.07, 6.45) is 1.79. The van der Waals surface area contributed by atoms with Crippen molar-refractivity contribution in [3.05, 3.63) is 58.1 Å². The zero-order valence-corrected chi connectivity index (χ0v) is 15.1. The number of para-hydroxylation sites is 1. The topological polar surface area (TPSA) is 69.0 Å². The molecule has 1 aromatic carbocycles. The number of ether oxygens (including phenoxy) is 2. The van der Waals surface area contributed by atoms with Gasteiger partial charge >= 0.3 is 5.63 Å². The number of aryl methyl sites for hydroxylation is 1. The molecule has 0 atom stereocenters. The third-order valence-corrected chi connectivity index (χ3v) is 4.50. The van der Waals surface area contributed by atoms with E-state index in [0.717, 1.165) is 24.2 Å². The normalized spacial score (nSPS) is 14.9. The first-order chi connectivity index (χ1) is 12.5. The number of nitrogens with zero attached hydrogens (tertiary/aromatic N) is 1. The number of rotatable bonds is 5. The van der Waals surface area contributed by atoms with Crippen LogP contribution in [0.3, 0.4) is 0 Å². The Morgan fingerprint density at radius 2 is 1.96 bits per heavy atom. The molecule has 6 heteroatoms. The van der Waals surface area contributed by atoms with Gasteiger partial charge in [0.2, 0.25) is 5.91 Å². The van der Waals surface area contributed by atoms with Gasteiger partial charge in [0.15, 0.2) is 0 Å². The van der Waals surface area contributed by atoms with Crippen LogP contribution in [0.2, 0.25) is 0 Å². The lowest BCUT2D eigenvalue weighted by Crippen LogP contribution is -2.42. The Kier molecular flexibility index (Phi) is 5.61. The molecule has 0 bridgehead atoms. The van der Waals surface area contributed by atoms with Crippen LogP contribution in [-0.4, -0.2) is 37.1 Å². The van der Waals surface area contributed by atoms with Crippen molar-refractivity contribution >= 4 is 5.91 Å². The van der Waals surface area contributed by atoms with Crippen molar-refractivity contribution < 1.29 is 18.7 Å². The zero-order chi connectivity index (χ0) is 18.5. The molecule has 2 aromatic rings. The highest BCUT2D eigenvalue weighted by atomic mass is 16.5.